The number of thiazole rings is 1. The number of ether oxygens (including phenoxy) is 1. The molecule has 1 fully saturated rings. The summed E-state index contributed by atoms with van der Waals surface area (Å²) in [5.74, 6) is 0. The van der Waals surface area contributed by atoms with Crippen LogP contribution in [0.15, 0.2) is 0 Å². The lowest BCUT2D eigenvalue weighted by atomic mass is 9.97. The first-order chi connectivity index (χ1) is 7.08. The van der Waals surface area contributed by atoms with Gasteiger partial charge in [0.25, 0.3) is 0 Å². The molecule has 2 heterocycles. The lowest BCUT2D eigenvalue weighted by Crippen LogP contribution is -2.61. The second kappa shape index (κ2) is 3.63. The Balaban J connectivity index is 2.11. The quantitative estimate of drug-likeness (QED) is 0.796. The summed E-state index contributed by atoms with van der Waals surface area (Å²) in [5, 5.41) is 9.84. The van der Waals surface area contributed by atoms with E-state index in [0.29, 0.717) is 10.0 Å². The van der Waals surface area contributed by atoms with Crippen LogP contribution in [-0.4, -0.2) is 30.8 Å². The zero-order chi connectivity index (χ0) is 11.1. The molecule has 1 aliphatic heterocycles. The molecule has 80 valence electrons. The highest BCUT2D eigenvalue weighted by atomic mass is 35.5. The van der Waals surface area contributed by atoms with E-state index >= 15 is 0 Å². The molecule has 0 saturated carbocycles. The average molecular weight is 244 g/mol. The number of nitriles is 1. The molecular weight excluding hydrogens is 234 g/mol. The van der Waals surface area contributed by atoms with E-state index in [9.17, 15) is 0 Å². The predicted octanol–water partition coefficient (Wildman–Crippen LogP) is 1.89. The first-order valence-electron chi connectivity index (χ1n) is 4.44. The van der Waals surface area contributed by atoms with E-state index in [0.717, 1.165) is 18.2 Å². The summed E-state index contributed by atoms with van der Waals surface area (Å²) in [6.07, 6.45) is 0. The van der Waals surface area contributed by atoms with E-state index in [1.807, 2.05) is 13.0 Å². The molecule has 0 N–H and O–H groups in total. The monoisotopic (exact) mass is 243 g/mol. The van der Waals surface area contributed by atoms with E-state index < -0.39 is 0 Å². The van der Waals surface area contributed by atoms with E-state index in [2.05, 4.69) is 9.88 Å². The molecule has 15 heavy (non-hydrogen) atoms. The average Bonchev–Trinajstić information content (AvgIpc) is 2.54. The van der Waals surface area contributed by atoms with Gasteiger partial charge in [-0.25, -0.2) is 4.98 Å². The van der Waals surface area contributed by atoms with Gasteiger partial charge in [-0.15, -0.1) is 0 Å². The molecule has 0 bridgehead atoms. The van der Waals surface area contributed by atoms with Gasteiger partial charge in [-0.05, 0) is 6.92 Å². The third kappa shape index (κ3) is 1.81. The first-order valence-corrected chi connectivity index (χ1v) is 5.64. The molecule has 1 aromatic heterocycles. The van der Waals surface area contributed by atoms with Crippen LogP contribution < -0.4 is 4.90 Å². The number of halogens is 1. The van der Waals surface area contributed by atoms with E-state index in [1.165, 1.54) is 11.3 Å². The standard InChI is InChI=1S/C9H10ClN3OS/c1-9(14-2)4-13(5-9)8-12-7(10)6(3-11)15-8/h4-5H2,1-2H3. The number of rotatable bonds is 2. The molecule has 1 aromatic rings. The van der Waals surface area contributed by atoms with Crippen LogP contribution >= 0.6 is 22.9 Å². The number of anilines is 1. The summed E-state index contributed by atoms with van der Waals surface area (Å²) < 4.78 is 5.33. The molecule has 0 unspecified atom stereocenters. The SMILES string of the molecule is COC1(C)CN(c2nc(Cl)c(C#N)s2)C1. The minimum absolute atomic E-state index is 0.0923. The van der Waals surface area contributed by atoms with Gasteiger partial charge in [0.15, 0.2) is 10.3 Å². The van der Waals surface area contributed by atoms with Gasteiger partial charge < -0.3 is 9.64 Å². The van der Waals surface area contributed by atoms with Crippen LogP contribution in [-0.2, 0) is 4.74 Å². The fourth-order valence-corrected chi connectivity index (χ4v) is 2.56. The zero-order valence-corrected chi connectivity index (χ0v) is 10.0. The maximum absolute atomic E-state index is 8.75. The Labute approximate surface area is 97.0 Å². The Morgan fingerprint density at radius 2 is 2.33 bits per heavy atom. The molecule has 0 aromatic carbocycles. The predicted molar refractivity (Wildman–Crippen MR) is 59.5 cm³/mol. The second-order valence-corrected chi connectivity index (χ2v) is 5.07. The van der Waals surface area contributed by atoms with Gasteiger partial charge >= 0.3 is 0 Å². The Kier molecular flexibility index (Phi) is 2.59. The summed E-state index contributed by atoms with van der Waals surface area (Å²) in [6.45, 7) is 3.63. The van der Waals surface area contributed by atoms with Gasteiger partial charge in [-0.2, -0.15) is 5.26 Å². The van der Waals surface area contributed by atoms with E-state index in [1.54, 1.807) is 7.11 Å². The normalized spacial score (nSPS) is 18.4. The fraction of sp³-hybridized carbons (Fsp3) is 0.556. The molecule has 6 heteroatoms. The topological polar surface area (TPSA) is 49.1 Å². The molecule has 0 amide bonds. The molecule has 1 aliphatic rings. The third-order valence-electron chi connectivity index (χ3n) is 2.49. The summed E-state index contributed by atoms with van der Waals surface area (Å²) in [7, 11) is 1.70. The minimum Gasteiger partial charge on any atom is -0.375 e. The largest absolute Gasteiger partial charge is 0.375 e. The highest BCUT2D eigenvalue weighted by molar-refractivity contribution is 7.16. The van der Waals surface area contributed by atoms with Crippen molar-refractivity contribution in [3.63, 3.8) is 0 Å². The van der Waals surface area contributed by atoms with Crippen LogP contribution in [0.4, 0.5) is 5.13 Å². The second-order valence-electron chi connectivity index (χ2n) is 3.74. The van der Waals surface area contributed by atoms with Crippen molar-refractivity contribution in [1.29, 1.82) is 5.26 Å². The van der Waals surface area contributed by atoms with Crippen molar-refractivity contribution < 1.29 is 4.74 Å². The van der Waals surface area contributed by atoms with Crippen LogP contribution in [0.1, 0.15) is 11.8 Å². The lowest BCUT2D eigenvalue weighted by Gasteiger charge is -2.46. The summed E-state index contributed by atoms with van der Waals surface area (Å²) in [4.78, 5) is 6.66. The zero-order valence-electron chi connectivity index (χ0n) is 8.45. The van der Waals surface area contributed by atoms with Crippen LogP contribution in [0.3, 0.4) is 0 Å². The summed E-state index contributed by atoms with van der Waals surface area (Å²) >= 11 is 7.11. The highest BCUT2D eigenvalue weighted by Gasteiger charge is 2.40. The molecular formula is C9H10ClN3OS. The van der Waals surface area contributed by atoms with Crippen LogP contribution in [0.2, 0.25) is 5.15 Å². The highest BCUT2D eigenvalue weighted by Crippen LogP contribution is 2.35. The Morgan fingerprint density at radius 3 is 2.80 bits per heavy atom. The van der Waals surface area contributed by atoms with Gasteiger partial charge in [-0.1, -0.05) is 22.9 Å². The molecule has 0 atom stereocenters. The molecule has 0 spiro atoms. The summed E-state index contributed by atoms with van der Waals surface area (Å²) in [6, 6.07) is 2.02. The van der Waals surface area contributed by atoms with Crippen molar-refractivity contribution in [3.8, 4) is 6.07 Å². The van der Waals surface area contributed by atoms with Crippen LogP contribution in [0.5, 0.6) is 0 Å². The van der Waals surface area contributed by atoms with Crippen molar-refractivity contribution >= 4 is 28.1 Å². The van der Waals surface area contributed by atoms with Gasteiger partial charge in [-0.3, -0.25) is 0 Å². The van der Waals surface area contributed by atoms with Crippen molar-refractivity contribution in [2.45, 2.75) is 12.5 Å². The van der Waals surface area contributed by atoms with Gasteiger partial charge in [0.05, 0.1) is 18.7 Å². The smallest absolute Gasteiger partial charge is 0.188 e. The first kappa shape index (κ1) is 10.7. The number of nitrogens with zero attached hydrogens (tertiary/aromatic N) is 3. The van der Waals surface area contributed by atoms with Crippen molar-refractivity contribution in [2.24, 2.45) is 0 Å². The van der Waals surface area contributed by atoms with Crippen molar-refractivity contribution in [1.82, 2.24) is 4.98 Å². The van der Waals surface area contributed by atoms with E-state index in [4.69, 9.17) is 21.6 Å². The van der Waals surface area contributed by atoms with Crippen molar-refractivity contribution in [3.05, 3.63) is 10.0 Å². The number of hydrogen-bond acceptors (Lipinski definition) is 5. The number of hydrogen-bond donors (Lipinski definition) is 0. The van der Waals surface area contributed by atoms with Crippen LogP contribution in [0.25, 0.3) is 0 Å². The van der Waals surface area contributed by atoms with Crippen molar-refractivity contribution in [2.75, 3.05) is 25.1 Å². The van der Waals surface area contributed by atoms with Gasteiger partial charge in [0.1, 0.15) is 10.9 Å². The Bertz CT molecular complexity index is 419. The number of aromatic nitrogens is 1. The maximum Gasteiger partial charge on any atom is 0.188 e. The molecule has 2 rings (SSSR count). The van der Waals surface area contributed by atoms with Gasteiger partial charge in [0, 0.05) is 7.11 Å². The van der Waals surface area contributed by atoms with Crippen LogP contribution in [0, 0.1) is 11.3 Å². The maximum atomic E-state index is 8.75. The molecule has 4 nitrogen and oxygen atoms in total. The lowest BCUT2D eigenvalue weighted by molar-refractivity contribution is -0.0167. The third-order valence-corrected chi connectivity index (χ3v) is 3.90. The Morgan fingerprint density at radius 1 is 1.67 bits per heavy atom. The molecule has 0 aliphatic carbocycles. The number of methoxy groups -OCH3 is 1. The Hall–Kier alpha value is -0.830. The molecule has 1 saturated heterocycles. The summed E-state index contributed by atoms with van der Waals surface area (Å²) in [5.41, 5.74) is -0.0923. The minimum atomic E-state index is -0.0923. The molecule has 0 radical (unpaired) electrons. The fourth-order valence-electron chi connectivity index (χ4n) is 1.52. The van der Waals surface area contributed by atoms with E-state index in [-0.39, 0.29) is 5.60 Å². The van der Waals surface area contributed by atoms with Gasteiger partial charge in [0.2, 0.25) is 0 Å².